The Hall–Kier alpha value is -2.52. The van der Waals surface area contributed by atoms with Crippen molar-refractivity contribution in [3.63, 3.8) is 0 Å². The van der Waals surface area contributed by atoms with Crippen LogP contribution in [0.5, 0.6) is 5.75 Å². The Morgan fingerprint density at radius 1 is 1.07 bits per heavy atom. The zero-order valence-electron chi connectivity index (χ0n) is 15.6. The molecule has 1 aliphatic heterocycles. The van der Waals surface area contributed by atoms with Gasteiger partial charge in [-0.15, -0.1) is 0 Å². The summed E-state index contributed by atoms with van der Waals surface area (Å²) in [7, 11) is 0. The predicted molar refractivity (Wildman–Crippen MR) is 111 cm³/mol. The fourth-order valence-electron chi connectivity index (χ4n) is 4.80. The molecule has 2 N–H and O–H groups in total. The summed E-state index contributed by atoms with van der Waals surface area (Å²) in [6, 6.07) is 16.5. The molecule has 3 heteroatoms. The molecule has 2 heterocycles. The molecular weight excluding hydrogens is 332 g/mol. The van der Waals surface area contributed by atoms with Crippen molar-refractivity contribution < 1.29 is 5.11 Å². The van der Waals surface area contributed by atoms with Crippen molar-refractivity contribution in [1.29, 1.82) is 0 Å². The number of aromatic amines is 1. The zero-order chi connectivity index (χ0) is 18.2. The first-order valence-corrected chi connectivity index (χ1v) is 10.1. The lowest BCUT2D eigenvalue weighted by Crippen LogP contribution is -2.35. The number of nitrogens with one attached hydrogen (secondary N) is 1. The highest BCUT2D eigenvalue weighted by Crippen LogP contribution is 2.34. The van der Waals surface area contributed by atoms with E-state index in [1.54, 1.807) is 6.07 Å². The Bertz CT molecular complexity index is 986. The van der Waals surface area contributed by atoms with E-state index in [2.05, 4.69) is 52.4 Å². The largest absolute Gasteiger partial charge is 0.508 e. The van der Waals surface area contributed by atoms with E-state index in [0.29, 0.717) is 5.75 Å². The topological polar surface area (TPSA) is 39.3 Å². The van der Waals surface area contributed by atoms with Gasteiger partial charge in [0.15, 0.2) is 0 Å². The molecule has 1 unspecified atom stereocenters. The Morgan fingerprint density at radius 3 is 2.78 bits per heavy atom. The number of benzene rings is 2. The SMILES string of the molecule is Oc1ccc2c3c([nH]c2c1)CCC(CN1CC=C(c2ccccc2)CC1)C3. The number of aromatic hydroxyl groups is 1. The maximum absolute atomic E-state index is 9.73. The van der Waals surface area contributed by atoms with Crippen LogP contribution in [-0.4, -0.2) is 34.6 Å². The quantitative estimate of drug-likeness (QED) is 0.708. The van der Waals surface area contributed by atoms with Crippen LogP contribution in [0.15, 0.2) is 54.6 Å². The maximum atomic E-state index is 9.73. The monoisotopic (exact) mass is 358 g/mol. The van der Waals surface area contributed by atoms with E-state index in [0.717, 1.165) is 43.8 Å². The summed E-state index contributed by atoms with van der Waals surface area (Å²) < 4.78 is 0. The number of phenolic OH excluding ortho intramolecular Hbond substituents is 1. The van der Waals surface area contributed by atoms with Gasteiger partial charge >= 0.3 is 0 Å². The predicted octanol–water partition coefficient (Wildman–Crippen LogP) is 4.77. The molecule has 138 valence electrons. The summed E-state index contributed by atoms with van der Waals surface area (Å²) in [6.45, 7) is 3.41. The first kappa shape index (κ1) is 16.6. The minimum atomic E-state index is 0.340. The third-order valence-electron chi connectivity index (χ3n) is 6.23. The molecule has 0 radical (unpaired) electrons. The summed E-state index contributed by atoms with van der Waals surface area (Å²) in [6.07, 6.45) is 7.08. The smallest absolute Gasteiger partial charge is 0.117 e. The third kappa shape index (κ3) is 3.28. The summed E-state index contributed by atoms with van der Waals surface area (Å²) in [5, 5.41) is 11.0. The van der Waals surface area contributed by atoms with Crippen LogP contribution in [0.1, 0.15) is 29.7 Å². The molecule has 2 aromatic carbocycles. The van der Waals surface area contributed by atoms with Gasteiger partial charge in [-0.2, -0.15) is 0 Å². The molecule has 3 aromatic rings. The van der Waals surface area contributed by atoms with Crippen LogP contribution < -0.4 is 0 Å². The highest BCUT2D eigenvalue weighted by molar-refractivity contribution is 5.86. The average Bonchev–Trinajstić information content (AvgIpc) is 3.06. The first-order chi connectivity index (χ1) is 13.3. The molecule has 0 fully saturated rings. The molecule has 0 bridgehead atoms. The summed E-state index contributed by atoms with van der Waals surface area (Å²) in [4.78, 5) is 6.14. The van der Waals surface area contributed by atoms with Gasteiger partial charge in [0, 0.05) is 42.3 Å². The van der Waals surface area contributed by atoms with Crippen molar-refractivity contribution in [2.24, 2.45) is 5.92 Å². The van der Waals surface area contributed by atoms with Crippen molar-refractivity contribution in [3.05, 3.63) is 71.4 Å². The van der Waals surface area contributed by atoms with E-state index in [4.69, 9.17) is 0 Å². The Balaban J connectivity index is 1.27. The van der Waals surface area contributed by atoms with Crippen LogP contribution in [0.25, 0.3) is 16.5 Å². The van der Waals surface area contributed by atoms with Gasteiger partial charge in [0.05, 0.1) is 0 Å². The van der Waals surface area contributed by atoms with Gasteiger partial charge in [-0.05, 0) is 60.4 Å². The Kier molecular flexibility index (Phi) is 4.25. The summed E-state index contributed by atoms with van der Waals surface area (Å²) >= 11 is 0. The van der Waals surface area contributed by atoms with Crippen LogP contribution in [0, 0.1) is 5.92 Å². The van der Waals surface area contributed by atoms with Crippen molar-refractivity contribution in [2.45, 2.75) is 25.7 Å². The minimum absolute atomic E-state index is 0.340. The number of aromatic nitrogens is 1. The molecule has 1 aliphatic carbocycles. The van der Waals surface area contributed by atoms with E-state index in [-0.39, 0.29) is 0 Å². The van der Waals surface area contributed by atoms with Gasteiger partial charge in [-0.25, -0.2) is 0 Å². The zero-order valence-corrected chi connectivity index (χ0v) is 15.6. The Labute approximate surface area is 160 Å². The molecule has 27 heavy (non-hydrogen) atoms. The normalized spacial score (nSPS) is 20.4. The molecule has 3 nitrogen and oxygen atoms in total. The van der Waals surface area contributed by atoms with Crippen molar-refractivity contribution >= 4 is 16.5 Å². The van der Waals surface area contributed by atoms with Gasteiger partial charge < -0.3 is 10.1 Å². The molecule has 2 aliphatic rings. The standard InChI is InChI=1S/C24H26N2O/c27-20-7-8-21-22-14-17(6-9-23(22)25-24(21)15-20)16-26-12-10-19(11-13-26)18-4-2-1-3-5-18/h1-5,7-8,10,15,17,25,27H,6,9,11-14,16H2. The molecule has 0 saturated carbocycles. The lowest BCUT2D eigenvalue weighted by molar-refractivity contribution is 0.238. The lowest BCUT2D eigenvalue weighted by atomic mass is 9.85. The van der Waals surface area contributed by atoms with E-state index < -0.39 is 0 Å². The molecule has 0 amide bonds. The fourth-order valence-corrected chi connectivity index (χ4v) is 4.80. The second kappa shape index (κ2) is 6.90. The molecular formula is C24H26N2O. The van der Waals surface area contributed by atoms with Crippen molar-refractivity contribution in [1.82, 2.24) is 9.88 Å². The highest BCUT2D eigenvalue weighted by atomic mass is 16.3. The van der Waals surface area contributed by atoms with E-state index in [1.165, 1.54) is 40.7 Å². The van der Waals surface area contributed by atoms with Gasteiger partial charge in [0.25, 0.3) is 0 Å². The van der Waals surface area contributed by atoms with Crippen molar-refractivity contribution in [2.75, 3.05) is 19.6 Å². The molecule has 5 rings (SSSR count). The fraction of sp³-hybridized carbons (Fsp3) is 0.333. The number of nitrogens with zero attached hydrogens (tertiary/aromatic N) is 1. The van der Waals surface area contributed by atoms with Crippen LogP contribution in [0.4, 0.5) is 0 Å². The molecule has 0 spiro atoms. The molecule has 1 atom stereocenters. The number of fused-ring (bicyclic) bond motifs is 3. The third-order valence-corrected chi connectivity index (χ3v) is 6.23. The van der Waals surface area contributed by atoms with Gasteiger partial charge in [0.2, 0.25) is 0 Å². The number of H-pyrrole nitrogens is 1. The van der Waals surface area contributed by atoms with E-state index in [9.17, 15) is 5.11 Å². The lowest BCUT2D eigenvalue weighted by Gasteiger charge is -2.32. The number of phenols is 1. The number of rotatable bonds is 3. The van der Waals surface area contributed by atoms with E-state index >= 15 is 0 Å². The summed E-state index contributed by atoms with van der Waals surface area (Å²) in [5.41, 5.74) is 6.79. The highest BCUT2D eigenvalue weighted by Gasteiger charge is 2.25. The van der Waals surface area contributed by atoms with E-state index in [1.807, 2.05) is 6.07 Å². The number of aryl methyl sites for hydroxylation is 1. The van der Waals surface area contributed by atoms with Crippen LogP contribution in [-0.2, 0) is 12.8 Å². The molecule has 1 aromatic heterocycles. The van der Waals surface area contributed by atoms with Crippen molar-refractivity contribution in [3.8, 4) is 5.75 Å². The second-order valence-electron chi connectivity index (χ2n) is 8.03. The first-order valence-electron chi connectivity index (χ1n) is 10.1. The minimum Gasteiger partial charge on any atom is -0.508 e. The number of hydrogen-bond donors (Lipinski definition) is 2. The van der Waals surface area contributed by atoms with Crippen LogP contribution in [0.2, 0.25) is 0 Å². The average molecular weight is 358 g/mol. The second-order valence-corrected chi connectivity index (χ2v) is 8.03. The van der Waals surface area contributed by atoms with Gasteiger partial charge in [-0.1, -0.05) is 36.4 Å². The number of hydrogen-bond acceptors (Lipinski definition) is 2. The maximum Gasteiger partial charge on any atom is 0.117 e. The molecule has 0 saturated heterocycles. The van der Waals surface area contributed by atoms with Gasteiger partial charge in [-0.3, -0.25) is 4.90 Å². The van der Waals surface area contributed by atoms with Crippen LogP contribution >= 0.6 is 0 Å². The van der Waals surface area contributed by atoms with Crippen LogP contribution in [0.3, 0.4) is 0 Å². The Morgan fingerprint density at radius 2 is 1.96 bits per heavy atom. The summed E-state index contributed by atoms with van der Waals surface area (Å²) in [5.74, 6) is 1.06. The van der Waals surface area contributed by atoms with Gasteiger partial charge in [0.1, 0.15) is 5.75 Å².